The van der Waals surface area contributed by atoms with E-state index < -0.39 is 0 Å². The first-order valence-electron chi connectivity index (χ1n) is 8.84. The van der Waals surface area contributed by atoms with E-state index in [9.17, 15) is 4.79 Å². The SMILES string of the molecule is C=CCn1c(SCCCc2nc3ccccc3o2)nc2ccccc2c1=O. The highest BCUT2D eigenvalue weighted by Crippen LogP contribution is 2.21. The van der Waals surface area contributed by atoms with Gasteiger partial charge in [0.1, 0.15) is 5.52 Å². The molecule has 4 aromatic rings. The molecule has 0 fully saturated rings. The van der Waals surface area contributed by atoms with Crippen LogP contribution in [-0.2, 0) is 13.0 Å². The number of aryl methyl sites for hydroxylation is 1. The van der Waals surface area contributed by atoms with Gasteiger partial charge >= 0.3 is 0 Å². The molecule has 0 N–H and O–H groups in total. The van der Waals surface area contributed by atoms with Gasteiger partial charge in [0.25, 0.3) is 5.56 Å². The molecule has 0 amide bonds. The van der Waals surface area contributed by atoms with E-state index in [1.807, 2.05) is 48.5 Å². The van der Waals surface area contributed by atoms with Crippen LogP contribution in [0.15, 0.2) is 75.6 Å². The summed E-state index contributed by atoms with van der Waals surface area (Å²) < 4.78 is 7.43. The molecule has 2 heterocycles. The van der Waals surface area contributed by atoms with E-state index in [-0.39, 0.29) is 5.56 Å². The van der Waals surface area contributed by atoms with Gasteiger partial charge < -0.3 is 4.42 Å². The number of oxazole rings is 1. The minimum absolute atomic E-state index is 0.0260. The van der Waals surface area contributed by atoms with Gasteiger partial charge in [-0.25, -0.2) is 9.97 Å². The van der Waals surface area contributed by atoms with Crippen molar-refractivity contribution in [3.63, 3.8) is 0 Å². The van der Waals surface area contributed by atoms with Gasteiger partial charge in [0.15, 0.2) is 16.6 Å². The molecule has 0 aliphatic heterocycles. The molecule has 5 nitrogen and oxygen atoms in total. The zero-order valence-electron chi connectivity index (χ0n) is 14.8. The Morgan fingerprint density at radius 3 is 2.67 bits per heavy atom. The summed E-state index contributed by atoms with van der Waals surface area (Å²) in [5, 5.41) is 1.35. The molecule has 0 bridgehead atoms. The monoisotopic (exact) mass is 377 g/mol. The number of hydrogen-bond acceptors (Lipinski definition) is 5. The molecule has 2 aromatic heterocycles. The van der Waals surface area contributed by atoms with Crippen molar-refractivity contribution < 1.29 is 4.42 Å². The molecule has 0 saturated heterocycles. The van der Waals surface area contributed by atoms with Gasteiger partial charge in [-0.1, -0.05) is 42.1 Å². The Labute approximate surface area is 160 Å². The van der Waals surface area contributed by atoms with Crippen molar-refractivity contribution in [1.29, 1.82) is 0 Å². The van der Waals surface area contributed by atoms with Gasteiger partial charge in [-0.15, -0.1) is 6.58 Å². The standard InChI is InChI=1S/C21H19N3O2S/c1-2-13-24-20(25)15-8-3-4-9-16(15)23-21(24)27-14-7-12-19-22-17-10-5-6-11-18(17)26-19/h2-6,8-11H,1,7,12-14H2. The van der Waals surface area contributed by atoms with E-state index in [4.69, 9.17) is 4.42 Å². The molecule has 0 spiro atoms. The quantitative estimate of drug-likeness (QED) is 0.206. The smallest absolute Gasteiger partial charge is 0.262 e. The van der Waals surface area contributed by atoms with Gasteiger partial charge in [0.05, 0.1) is 10.9 Å². The molecule has 136 valence electrons. The van der Waals surface area contributed by atoms with E-state index in [1.165, 1.54) is 0 Å². The fourth-order valence-electron chi connectivity index (χ4n) is 2.96. The van der Waals surface area contributed by atoms with Crippen molar-refractivity contribution in [2.75, 3.05) is 5.75 Å². The first-order valence-corrected chi connectivity index (χ1v) is 9.82. The second-order valence-electron chi connectivity index (χ2n) is 6.14. The largest absolute Gasteiger partial charge is 0.441 e. The predicted octanol–water partition coefficient (Wildman–Crippen LogP) is 4.45. The maximum atomic E-state index is 12.7. The molecule has 0 aliphatic rings. The van der Waals surface area contributed by atoms with E-state index >= 15 is 0 Å². The Kier molecular flexibility index (Phi) is 5.07. The molecule has 4 rings (SSSR count). The number of nitrogens with zero attached hydrogens (tertiary/aromatic N) is 3. The summed E-state index contributed by atoms with van der Waals surface area (Å²) in [7, 11) is 0. The number of fused-ring (bicyclic) bond motifs is 2. The van der Waals surface area contributed by atoms with Crippen LogP contribution < -0.4 is 5.56 Å². The average Bonchev–Trinajstić information content (AvgIpc) is 3.11. The minimum atomic E-state index is -0.0260. The number of thioether (sulfide) groups is 1. The number of benzene rings is 2. The van der Waals surface area contributed by atoms with Crippen LogP contribution in [0.2, 0.25) is 0 Å². The first-order chi connectivity index (χ1) is 13.3. The lowest BCUT2D eigenvalue weighted by atomic mass is 10.2. The molecular formula is C21H19N3O2S. The summed E-state index contributed by atoms with van der Waals surface area (Å²) in [6.45, 7) is 4.21. The summed E-state index contributed by atoms with van der Waals surface area (Å²) >= 11 is 1.58. The lowest BCUT2D eigenvalue weighted by molar-refractivity contribution is 0.526. The maximum absolute atomic E-state index is 12.7. The normalized spacial score (nSPS) is 11.3. The van der Waals surface area contributed by atoms with Crippen molar-refractivity contribution in [3.05, 3.63) is 77.4 Å². The second-order valence-corrected chi connectivity index (χ2v) is 7.21. The predicted molar refractivity (Wildman–Crippen MR) is 109 cm³/mol. The van der Waals surface area contributed by atoms with Crippen molar-refractivity contribution in [2.24, 2.45) is 0 Å². The third kappa shape index (κ3) is 3.66. The minimum Gasteiger partial charge on any atom is -0.441 e. The van der Waals surface area contributed by atoms with Crippen molar-refractivity contribution >= 4 is 33.8 Å². The summed E-state index contributed by atoms with van der Waals surface area (Å²) in [6, 6.07) is 15.2. The Morgan fingerprint density at radius 2 is 1.85 bits per heavy atom. The van der Waals surface area contributed by atoms with Crippen molar-refractivity contribution in [2.45, 2.75) is 24.5 Å². The van der Waals surface area contributed by atoms with Gasteiger partial charge in [-0.05, 0) is 30.7 Å². The van der Waals surface area contributed by atoms with Crippen LogP contribution >= 0.6 is 11.8 Å². The van der Waals surface area contributed by atoms with Crippen LogP contribution in [0.4, 0.5) is 0 Å². The third-order valence-electron chi connectivity index (χ3n) is 4.24. The highest BCUT2D eigenvalue weighted by molar-refractivity contribution is 7.99. The average molecular weight is 377 g/mol. The number of hydrogen-bond donors (Lipinski definition) is 0. The molecule has 0 unspecified atom stereocenters. The van der Waals surface area contributed by atoms with Gasteiger partial charge in [-0.3, -0.25) is 9.36 Å². The lowest BCUT2D eigenvalue weighted by Crippen LogP contribution is -2.22. The zero-order valence-corrected chi connectivity index (χ0v) is 15.6. The maximum Gasteiger partial charge on any atom is 0.262 e. The number of para-hydroxylation sites is 3. The Morgan fingerprint density at radius 1 is 1.07 bits per heavy atom. The summed E-state index contributed by atoms with van der Waals surface area (Å²) in [4.78, 5) is 21.9. The molecule has 0 aliphatic carbocycles. The fraction of sp³-hybridized carbons (Fsp3) is 0.190. The summed E-state index contributed by atoms with van der Waals surface area (Å²) in [5.41, 5.74) is 2.40. The lowest BCUT2D eigenvalue weighted by Gasteiger charge is -2.11. The Balaban J connectivity index is 1.48. The van der Waals surface area contributed by atoms with Crippen LogP contribution in [0.1, 0.15) is 12.3 Å². The molecule has 27 heavy (non-hydrogen) atoms. The van der Waals surface area contributed by atoms with Crippen LogP contribution in [0.5, 0.6) is 0 Å². The number of rotatable bonds is 7. The van der Waals surface area contributed by atoms with Gasteiger partial charge in [-0.2, -0.15) is 0 Å². The fourth-order valence-corrected chi connectivity index (χ4v) is 3.91. The van der Waals surface area contributed by atoms with Crippen LogP contribution in [0.3, 0.4) is 0 Å². The van der Waals surface area contributed by atoms with E-state index in [2.05, 4.69) is 16.5 Å². The second kappa shape index (κ2) is 7.80. The molecular weight excluding hydrogens is 358 g/mol. The molecule has 2 aromatic carbocycles. The van der Waals surface area contributed by atoms with E-state index in [1.54, 1.807) is 22.4 Å². The van der Waals surface area contributed by atoms with Gasteiger partial charge in [0, 0.05) is 18.7 Å². The highest BCUT2D eigenvalue weighted by atomic mass is 32.2. The summed E-state index contributed by atoms with van der Waals surface area (Å²) in [6.07, 6.45) is 3.36. The first kappa shape index (κ1) is 17.5. The van der Waals surface area contributed by atoms with Crippen LogP contribution in [-0.4, -0.2) is 20.3 Å². The topological polar surface area (TPSA) is 60.9 Å². The Bertz CT molecular complexity index is 1130. The van der Waals surface area contributed by atoms with Crippen LogP contribution in [0.25, 0.3) is 22.0 Å². The number of allylic oxidation sites excluding steroid dienone is 1. The Hall–Kier alpha value is -2.86. The van der Waals surface area contributed by atoms with E-state index in [0.29, 0.717) is 11.9 Å². The van der Waals surface area contributed by atoms with E-state index in [0.717, 1.165) is 46.3 Å². The third-order valence-corrected chi connectivity index (χ3v) is 5.31. The zero-order chi connectivity index (χ0) is 18.6. The highest BCUT2D eigenvalue weighted by Gasteiger charge is 2.11. The van der Waals surface area contributed by atoms with Gasteiger partial charge in [0.2, 0.25) is 0 Å². The number of aromatic nitrogens is 3. The van der Waals surface area contributed by atoms with Crippen molar-refractivity contribution in [1.82, 2.24) is 14.5 Å². The van der Waals surface area contributed by atoms with Crippen molar-refractivity contribution in [3.8, 4) is 0 Å². The molecule has 0 atom stereocenters. The molecule has 6 heteroatoms. The van der Waals surface area contributed by atoms with Crippen LogP contribution in [0, 0.1) is 0 Å². The molecule has 0 radical (unpaired) electrons. The molecule has 0 saturated carbocycles. The summed E-state index contributed by atoms with van der Waals surface area (Å²) in [5.74, 6) is 1.56.